The number of benzene rings is 2. The number of amides is 2. The summed E-state index contributed by atoms with van der Waals surface area (Å²) in [6.45, 7) is 5.66. The second-order valence-electron chi connectivity index (χ2n) is 5.95. The number of hydrogen-bond donors (Lipinski definition) is 2. The van der Waals surface area contributed by atoms with Crippen LogP contribution in [-0.2, 0) is 6.42 Å². The fraction of sp³-hybridized carbons (Fsp3) is 0.350. The Hall–Kier alpha value is -2.49. The van der Waals surface area contributed by atoms with E-state index in [1.54, 1.807) is 0 Å². The minimum absolute atomic E-state index is 0.138. The monoisotopic (exact) mass is 325 g/mol. The Morgan fingerprint density at radius 3 is 2.54 bits per heavy atom. The van der Waals surface area contributed by atoms with Crippen LogP contribution in [0.1, 0.15) is 24.5 Å². The van der Waals surface area contributed by atoms with Crippen molar-refractivity contribution in [2.75, 3.05) is 30.4 Å². The third-order valence-electron chi connectivity index (χ3n) is 4.13. The van der Waals surface area contributed by atoms with Gasteiger partial charge in [-0.2, -0.15) is 0 Å². The molecule has 0 saturated carbocycles. The van der Waals surface area contributed by atoms with Crippen LogP contribution in [0.5, 0.6) is 0 Å². The van der Waals surface area contributed by atoms with E-state index in [9.17, 15) is 4.79 Å². The molecule has 4 nitrogen and oxygen atoms in total. The molecule has 4 heteroatoms. The van der Waals surface area contributed by atoms with Gasteiger partial charge in [0.2, 0.25) is 0 Å². The van der Waals surface area contributed by atoms with Crippen molar-refractivity contribution < 1.29 is 4.79 Å². The van der Waals surface area contributed by atoms with Crippen molar-refractivity contribution in [1.29, 1.82) is 0 Å². The largest absolute Gasteiger partial charge is 0.375 e. The summed E-state index contributed by atoms with van der Waals surface area (Å²) >= 11 is 0. The highest BCUT2D eigenvalue weighted by Crippen LogP contribution is 2.20. The average Bonchev–Trinajstić information content (AvgIpc) is 2.61. The Morgan fingerprint density at radius 2 is 1.83 bits per heavy atom. The molecular weight excluding hydrogens is 298 g/mol. The molecule has 2 amide bonds. The molecule has 0 bridgehead atoms. The van der Waals surface area contributed by atoms with E-state index < -0.39 is 0 Å². The number of urea groups is 1. The Labute approximate surface area is 144 Å². The van der Waals surface area contributed by atoms with E-state index in [1.165, 1.54) is 5.69 Å². The van der Waals surface area contributed by atoms with Gasteiger partial charge in [-0.05, 0) is 43.0 Å². The number of para-hydroxylation sites is 2. The lowest BCUT2D eigenvalue weighted by molar-refractivity contribution is 0.252. The molecule has 0 fully saturated rings. The first-order valence-electron chi connectivity index (χ1n) is 8.51. The van der Waals surface area contributed by atoms with E-state index in [-0.39, 0.29) is 6.03 Å². The molecule has 0 radical (unpaired) electrons. The summed E-state index contributed by atoms with van der Waals surface area (Å²) in [5.41, 5.74) is 4.37. The number of rotatable bonds is 7. The Bertz CT molecular complexity index is 655. The fourth-order valence-electron chi connectivity index (χ4n) is 2.69. The molecule has 24 heavy (non-hydrogen) atoms. The zero-order chi connectivity index (χ0) is 17.4. The molecule has 128 valence electrons. The number of nitrogens with one attached hydrogen (secondary N) is 2. The molecule has 0 aromatic heterocycles. The third kappa shape index (κ3) is 5.01. The Morgan fingerprint density at radius 1 is 1.08 bits per heavy atom. The number of nitrogens with zero attached hydrogens (tertiary/aromatic N) is 1. The molecule has 0 unspecified atom stereocenters. The van der Waals surface area contributed by atoms with Gasteiger partial charge >= 0.3 is 6.03 Å². The van der Waals surface area contributed by atoms with Gasteiger partial charge in [-0.25, -0.2) is 4.79 Å². The molecule has 0 saturated heterocycles. The molecule has 0 aliphatic carbocycles. The van der Waals surface area contributed by atoms with Crippen LogP contribution in [0.15, 0.2) is 48.5 Å². The molecule has 0 atom stereocenters. The van der Waals surface area contributed by atoms with Crippen molar-refractivity contribution in [3.05, 3.63) is 59.7 Å². The molecule has 2 aromatic carbocycles. The quantitative estimate of drug-likeness (QED) is 0.749. The molecule has 0 spiro atoms. The van der Waals surface area contributed by atoms with E-state index in [0.717, 1.165) is 36.2 Å². The van der Waals surface area contributed by atoms with E-state index in [2.05, 4.69) is 47.7 Å². The van der Waals surface area contributed by atoms with Gasteiger partial charge in [-0.3, -0.25) is 0 Å². The minimum Gasteiger partial charge on any atom is -0.375 e. The van der Waals surface area contributed by atoms with Crippen LogP contribution in [-0.4, -0.2) is 26.2 Å². The van der Waals surface area contributed by atoms with Gasteiger partial charge in [-0.1, -0.05) is 43.3 Å². The minimum atomic E-state index is -0.138. The van der Waals surface area contributed by atoms with Gasteiger partial charge in [0.05, 0.1) is 0 Å². The van der Waals surface area contributed by atoms with Crippen LogP contribution >= 0.6 is 0 Å². The van der Waals surface area contributed by atoms with Crippen LogP contribution < -0.4 is 15.5 Å². The van der Waals surface area contributed by atoms with Gasteiger partial charge in [0.1, 0.15) is 0 Å². The lowest BCUT2D eigenvalue weighted by Gasteiger charge is -2.19. The van der Waals surface area contributed by atoms with Crippen LogP contribution in [0.2, 0.25) is 0 Å². The van der Waals surface area contributed by atoms with Crippen LogP contribution in [0, 0.1) is 6.92 Å². The molecule has 2 rings (SSSR count). The van der Waals surface area contributed by atoms with Gasteiger partial charge in [-0.15, -0.1) is 0 Å². The average molecular weight is 325 g/mol. The summed E-state index contributed by atoms with van der Waals surface area (Å²) in [6, 6.07) is 16.2. The standard InChI is InChI=1S/C20H27N3O/c1-4-17-11-8-10-16(2)19(17)22-20(24)21-14-9-15-23(3)18-12-6-5-7-13-18/h5-8,10-13H,4,9,14-15H2,1-3H3,(H2,21,22,24). The first-order chi connectivity index (χ1) is 11.6. The summed E-state index contributed by atoms with van der Waals surface area (Å²) in [5.74, 6) is 0. The van der Waals surface area contributed by atoms with E-state index in [1.807, 2.05) is 37.3 Å². The third-order valence-corrected chi connectivity index (χ3v) is 4.13. The van der Waals surface area contributed by atoms with Crippen molar-refractivity contribution in [1.82, 2.24) is 5.32 Å². The predicted molar refractivity (Wildman–Crippen MR) is 102 cm³/mol. The second kappa shape index (κ2) is 8.96. The zero-order valence-electron chi connectivity index (χ0n) is 14.8. The summed E-state index contributed by atoms with van der Waals surface area (Å²) in [6.07, 6.45) is 1.80. The molecular formula is C20H27N3O. The zero-order valence-corrected chi connectivity index (χ0v) is 14.8. The number of aryl methyl sites for hydroxylation is 2. The van der Waals surface area contributed by atoms with Gasteiger partial charge < -0.3 is 15.5 Å². The second-order valence-corrected chi connectivity index (χ2v) is 5.95. The summed E-state index contributed by atoms with van der Waals surface area (Å²) in [7, 11) is 2.07. The highest BCUT2D eigenvalue weighted by Gasteiger charge is 2.08. The highest BCUT2D eigenvalue weighted by atomic mass is 16.2. The Balaban J connectivity index is 1.76. The van der Waals surface area contributed by atoms with Crippen molar-refractivity contribution in [2.45, 2.75) is 26.7 Å². The van der Waals surface area contributed by atoms with Crippen molar-refractivity contribution >= 4 is 17.4 Å². The number of carbonyl (C=O) groups excluding carboxylic acids is 1. The summed E-state index contributed by atoms with van der Waals surface area (Å²) in [4.78, 5) is 14.3. The molecule has 2 aromatic rings. The van der Waals surface area contributed by atoms with Gasteiger partial charge in [0.25, 0.3) is 0 Å². The topological polar surface area (TPSA) is 44.4 Å². The SMILES string of the molecule is CCc1cccc(C)c1NC(=O)NCCCN(C)c1ccccc1. The number of hydrogen-bond acceptors (Lipinski definition) is 2. The first kappa shape index (κ1) is 17.9. The van der Waals surface area contributed by atoms with E-state index >= 15 is 0 Å². The maximum atomic E-state index is 12.1. The van der Waals surface area contributed by atoms with Crippen molar-refractivity contribution in [3.8, 4) is 0 Å². The smallest absolute Gasteiger partial charge is 0.319 e. The van der Waals surface area contributed by atoms with Gasteiger partial charge in [0, 0.05) is 31.5 Å². The van der Waals surface area contributed by atoms with Gasteiger partial charge in [0.15, 0.2) is 0 Å². The Kier molecular flexibility index (Phi) is 6.67. The molecule has 2 N–H and O–H groups in total. The fourth-order valence-corrected chi connectivity index (χ4v) is 2.69. The van der Waals surface area contributed by atoms with Crippen molar-refractivity contribution in [2.24, 2.45) is 0 Å². The maximum Gasteiger partial charge on any atom is 0.319 e. The number of anilines is 2. The highest BCUT2D eigenvalue weighted by molar-refractivity contribution is 5.91. The molecule has 0 heterocycles. The maximum absolute atomic E-state index is 12.1. The predicted octanol–water partition coefficient (Wildman–Crippen LogP) is 4.21. The lowest BCUT2D eigenvalue weighted by Crippen LogP contribution is -2.32. The van der Waals surface area contributed by atoms with Crippen LogP contribution in [0.25, 0.3) is 0 Å². The first-order valence-corrected chi connectivity index (χ1v) is 8.51. The summed E-state index contributed by atoms with van der Waals surface area (Å²) in [5, 5.41) is 5.93. The normalized spacial score (nSPS) is 10.3. The van der Waals surface area contributed by atoms with E-state index in [0.29, 0.717) is 6.54 Å². The summed E-state index contributed by atoms with van der Waals surface area (Å²) < 4.78 is 0. The number of carbonyl (C=O) groups is 1. The lowest BCUT2D eigenvalue weighted by atomic mass is 10.1. The van der Waals surface area contributed by atoms with E-state index in [4.69, 9.17) is 0 Å². The van der Waals surface area contributed by atoms with Crippen LogP contribution in [0.3, 0.4) is 0 Å². The molecule has 0 aliphatic heterocycles. The van der Waals surface area contributed by atoms with Crippen LogP contribution in [0.4, 0.5) is 16.2 Å². The molecule has 0 aliphatic rings. The van der Waals surface area contributed by atoms with Crippen molar-refractivity contribution in [3.63, 3.8) is 0 Å².